The van der Waals surface area contributed by atoms with E-state index >= 15 is 0 Å². The van der Waals surface area contributed by atoms with Crippen molar-refractivity contribution in [2.45, 2.75) is 106 Å². The number of aryl methyl sites for hydroxylation is 4. The Bertz CT molecular complexity index is 1050. The molecule has 44 heavy (non-hydrogen) atoms. The van der Waals surface area contributed by atoms with Crippen LogP contribution in [0.15, 0.2) is 36.4 Å². The molecule has 0 amide bonds. The normalized spacial score (nSPS) is 19.3. The summed E-state index contributed by atoms with van der Waals surface area (Å²) in [5.41, 5.74) is 7.50. The molecule has 0 bridgehead atoms. The van der Waals surface area contributed by atoms with Gasteiger partial charge in [-0.3, -0.25) is 9.59 Å². The largest absolute Gasteiger partial charge is 1.00 e. The third kappa shape index (κ3) is 10.4. The number of carbonyl (C=O) groups is 2. The Morgan fingerprint density at radius 1 is 0.659 bits per heavy atom. The maximum Gasteiger partial charge on any atom is -1.00 e. The van der Waals surface area contributed by atoms with E-state index in [-0.39, 0.29) is 48.5 Å². The first kappa shape index (κ1) is 43.8. The number of benzene rings is 2. The van der Waals surface area contributed by atoms with Gasteiger partial charge in [-0.2, -0.15) is 0 Å². The van der Waals surface area contributed by atoms with Crippen molar-refractivity contribution in [1.82, 2.24) is 0 Å². The first-order valence-electron chi connectivity index (χ1n) is 16.1. The van der Waals surface area contributed by atoms with Crippen molar-refractivity contribution in [3.05, 3.63) is 69.8 Å². The van der Waals surface area contributed by atoms with E-state index in [9.17, 15) is 9.59 Å². The van der Waals surface area contributed by atoms with Crippen molar-refractivity contribution < 1.29 is 74.9 Å². The van der Waals surface area contributed by atoms with E-state index in [1.807, 2.05) is 0 Å². The quantitative estimate of drug-likeness (QED) is 0.207. The number of ketones is 2. The van der Waals surface area contributed by atoms with Gasteiger partial charge in [0.25, 0.3) is 0 Å². The number of likely N-dealkylation sites (N-methyl/N-ethyl adjacent to an activating group) is 2. The van der Waals surface area contributed by atoms with E-state index < -0.39 is 0 Å². The molecule has 254 valence electrons. The Balaban J connectivity index is 0.000000763. The molecule has 0 N–H and O–H groups in total. The summed E-state index contributed by atoms with van der Waals surface area (Å²) in [7, 11) is 4.45. The number of halogens is 3. The summed E-state index contributed by atoms with van der Waals surface area (Å²) < 4.78 is 2.01. The first-order valence-corrected chi connectivity index (χ1v) is 18.0. The molecule has 2 aliphatic rings. The van der Waals surface area contributed by atoms with E-state index in [4.69, 9.17) is 0 Å². The van der Waals surface area contributed by atoms with Crippen molar-refractivity contribution in [2.24, 2.45) is 0 Å². The maximum atomic E-state index is 12.8. The van der Waals surface area contributed by atoms with Crippen LogP contribution >= 0.6 is 9.19 Å². The van der Waals surface area contributed by atoms with Crippen molar-refractivity contribution in [3.63, 3.8) is 0 Å². The molecule has 2 atom stereocenters. The van der Waals surface area contributed by atoms with Crippen LogP contribution in [0.3, 0.4) is 0 Å². The van der Waals surface area contributed by atoms with Gasteiger partial charge in [-0.15, -0.1) is 0 Å². The molecule has 2 aromatic carbocycles. The Kier molecular flexibility index (Phi) is 20.8. The maximum absolute atomic E-state index is 12.8. The van der Waals surface area contributed by atoms with Gasteiger partial charge in [0.15, 0.2) is 11.6 Å². The molecule has 2 heterocycles. The van der Waals surface area contributed by atoms with Crippen LogP contribution in [-0.4, -0.2) is 71.9 Å². The Labute approximate surface area is 308 Å². The van der Waals surface area contributed by atoms with Crippen LogP contribution in [0.5, 0.6) is 0 Å². The van der Waals surface area contributed by atoms with Crippen molar-refractivity contribution in [2.75, 3.05) is 39.3 Å². The van der Waals surface area contributed by atoms with Gasteiger partial charge in [-0.05, 0) is 88.8 Å². The minimum Gasteiger partial charge on any atom is -1.00 e. The average molecular weight is 855 g/mol. The number of Topliss-reactive ketones (excluding diaryl/α,β-unsaturated/α-hetero) is 2. The second-order valence-electron chi connectivity index (χ2n) is 12.5. The van der Waals surface area contributed by atoms with Gasteiger partial charge < -0.3 is 45.3 Å². The molecule has 4 rings (SSSR count). The summed E-state index contributed by atoms with van der Waals surface area (Å²) in [6.45, 7) is 24.1. The zero-order valence-electron chi connectivity index (χ0n) is 28.3. The van der Waals surface area contributed by atoms with Gasteiger partial charge in [0.1, 0.15) is 12.1 Å². The second kappa shape index (κ2) is 20.9. The molecular weight excluding hydrogens is 798 g/mol. The fraction of sp³-hybridized carbons (Fsp3) is 0.611. The Morgan fingerprint density at radius 2 is 0.932 bits per heavy atom. The van der Waals surface area contributed by atoms with Gasteiger partial charge in [0.2, 0.25) is 0 Å². The van der Waals surface area contributed by atoms with Crippen LogP contribution in [0, 0.1) is 27.7 Å². The molecule has 0 aromatic heterocycles. The summed E-state index contributed by atoms with van der Waals surface area (Å²) in [5.74, 6) is 0.896. The van der Waals surface area contributed by atoms with Crippen LogP contribution in [0.4, 0.5) is 0 Å². The Morgan fingerprint density at radius 3 is 1.18 bits per heavy atom. The molecular formula is C36H56AgCl2IN2O2. The molecule has 4 nitrogen and oxygen atoms in total. The molecule has 2 unspecified atom stereocenters. The number of hydrogen-bond donors (Lipinski definition) is 0. The molecule has 2 fully saturated rings. The minimum atomic E-state index is 0. The average Bonchev–Trinajstić information content (AvgIpc) is 3.64. The number of hydrogen-bond acceptors (Lipinski definition) is 2. The fourth-order valence-electron chi connectivity index (χ4n) is 7.79. The number of likely N-dealkylation sites (tertiary alicyclic amines) is 2. The predicted octanol–water partition coefficient (Wildman–Crippen LogP) is 1.56. The molecule has 2 saturated heterocycles. The summed E-state index contributed by atoms with van der Waals surface area (Å²) >= 11 is 2.42. The molecule has 0 saturated carbocycles. The van der Waals surface area contributed by atoms with Crippen LogP contribution in [0.2, 0.25) is 0 Å². The van der Waals surface area contributed by atoms with Crippen molar-refractivity contribution in [1.29, 1.82) is 0 Å². The molecule has 8 heteroatoms. The number of carbonyl (C=O) groups excluding carboxylic acids is 2. The van der Waals surface area contributed by atoms with Gasteiger partial charge in [-0.25, -0.2) is 0 Å². The summed E-state index contributed by atoms with van der Waals surface area (Å²) in [5, 5.41) is 0. The zero-order valence-corrected chi connectivity index (χ0v) is 33.4. The number of quaternary nitrogens is 2. The second-order valence-corrected chi connectivity index (χ2v) is 12.5. The molecule has 0 aliphatic carbocycles. The van der Waals surface area contributed by atoms with E-state index in [0.29, 0.717) is 24.4 Å². The van der Waals surface area contributed by atoms with Gasteiger partial charge in [0.05, 0.1) is 39.3 Å². The standard InChI is InChI=1S/2C18H28NO.Ag.2ClH.HI/c2*1-5-19(6-2)12-8-11-17(19)18(20)13-16-14(3)9-7-10-15(16)4;;;;/h2*7,9-10,17H,5-6,8,11-13H2,1-4H3;;3*1H/q3*+1;;;/p-3. The topological polar surface area (TPSA) is 34.1 Å². The third-order valence-electron chi connectivity index (χ3n) is 10.7. The van der Waals surface area contributed by atoms with Crippen LogP contribution in [0.25, 0.3) is 0 Å². The monoisotopic (exact) mass is 852 g/mol. The Hall–Kier alpha value is -0.250. The summed E-state index contributed by atoms with van der Waals surface area (Å²) in [6.07, 6.45) is 5.78. The summed E-state index contributed by atoms with van der Waals surface area (Å²) in [4.78, 5) is 25.7. The van der Waals surface area contributed by atoms with E-state index in [1.165, 1.54) is 59.3 Å². The van der Waals surface area contributed by atoms with Gasteiger partial charge in [-0.1, -0.05) is 36.4 Å². The van der Waals surface area contributed by atoms with Crippen molar-refractivity contribution >= 4 is 20.8 Å². The predicted molar refractivity (Wildman–Crippen MR) is 174 cm³/mol. The van der Waals surface area contributed by atoms with Gasteiger partial charge >= 0.3 is 29.2 Å². The smallest absolute Gasteiger partial charge is 1.00 e. The molecule has 2 aromatic rings. The van der Waals surface area contributed by atoms with Crippen molar-refractivity contribution in [3.8, 4) is 0 Å². The van der Waals surface area contributed by atoms with Gasteiger partial charge in [0, 0.05) is 38.5 Å². The van der Waals surface area contributed by atoms with E-state index in [1.54, 1.807) is 0 Å². The van der Waals surface area contributed by atoms with Crippen LogP contribution in [0.1, 0.15) is 86.8 Å². The summed E-state index contributed by atoms with van der Waals surface area (Å²) in [6, 6.07) is 13.1. The first-order chi connectivity index (χ1) is 20.1. The number of rotatable bonds is 10. The van der Waals surface area contributed by atoms with E-state index in [2.05, 4.69) is 121 Å². The minimum absolute atomic E-state index is 0. The molecule has 2 aliphatic heterocycles. The van der Waals surface area contributed by atoms with E-state index in [0.717, 1.165) is 48.0 Å². The number of nitrogens with zero attached hydrogens (tertiary/aromatic N) is 2. The zero-order chi connectivity index (χ0) is 31.5. The third-order valence-corrected chi connectivity index (χ3v) is 10.7. The van der Waals surface area contributed by atoms with Crippen LogP contribution in [-0.2, 0) is 42.4 Å². The molecule has 0 spiro atoms. The fourth-order valence-corrected chi connectivity index (χ4v) is 7.79. The van der Waals surface area contributed by atoms with Crippen LogP contribution < -0.4 is 36.4 Å². The molecule has 0 radical (unpaired) electrons. The SMILES string of the molecule is CC[N+]1(CC)CCCC1C(=O)Cc1c(C)cccc1C.CC[N+]1(CC)CCCC1C(=O)Cc1c(C)cccc1C.[Cl-].[Cl][Ag].[I-].